The minimum atomic E-state index is -0.325. The van der Waals surface area contributed by atoms with E-state index in [1.807, 2.05) is 54.3 Å². The number of amides is 1. The minimum Gasteiger partial charge on any atom is -0.358 e. The molecule has 4 heterocycles. The maximum atomic E-state index is 13.0. The molecular formula is C20H18N6OS. The van der Waals surface area contributed by atoms with Crippen LogP contribution in [-0.4, -0.2) is 38.2 Å². The van der Waals surface area contributed by atoms with Crippen molar-refractivity contribution < 1.29 is 4.79 Å². The topological polar surface area (TPSA) is 75.9 Å². The van der Waals surface area contributed by atoms with E-state index >= 15 is 0 Å². The first-order valence-corrected chi connectivity index (χ1v) is 9.99. The summed E-state index contributed by atoms with van der Waals surface area (Å²) in [6.07, 6.45) is 4.28. The van der Waals surface area contributed by atoms with E-state index in [-0.39, 0.29) is 11.9 Å². The standard InChI is InChI=1S/C20H18N6OS/c1-25-11-14(10-21-25)26-8-6-17(20(26)27)23-19-15-4-2-3-5-16(15)22-18(24-19)13-7-9-28-12-13/h2-5,7,9-12,17H,6,8H2,1H3,(H,22,23,24). The van der Waals surface area contributed by atoms with Crippen LogP contribution in [0.15, 0.2) is 53.5 Å². The third kappa shape index (κ3) is 2.91. The third-order valence-electron chi connectivity index (χ3n) is 4.90. The molecule has 28 heavy (non-hydrogen) atoms. The largest absolute Gasteiger partial charge is 0.358 e. The maximum Gasteiger partial charge on any atom is 0.249 e. The molecule has 1 atom stereocenters. The molecule has 0 saturated carbocycles. The van der Waals surface area contributed by atoms with E-state index in [4.69, 9.17) is 4.98 Å². The van der Waals surface area contributed by atoms with Crippen LogP contribution in [-0.2, 0) is 11.8 Å². The summed E-state index contributed by atoms with van der Waals surface area (Å²) in [5, 5.41) is 12.5. The number of nitrogens with one attached hydrogen (secondary N) is 1. The van der Waals surface area contributed by atoms with Gasteiger partial charge in [0.15, 0.2) is 5.82 Å². The number of nitrogens with zero attached hydrogens (tertiary/aromatic N) is 5. The fourth-order valence-corrected chi connectivity index (χ4v) is 4.12. The fraction of sp³-hybridized carbons (Fsp3) is 0.200. The van der Waals surface area contributed by atoms with Gasteiger partial charge in [-0.3, -0.25) is 9.48 Å². The third-order valence-corrected chi connectivity index (χ3v) is 5.59. The molecule has 3 aromatic heterocycles. The van der Waals surface area contributed by atoms with Crippen molar-refractivity contribution in [3.8, 4) is 11.4 Å². The number of hydrogen-bond donors (Lipinski definition) is 1. The highest BCUT2D eigenvalue weighted by Crippen LogP contribution is 2.29. The van der Waals surface area contributed by atoms with Crippen molar-refractivity contribution in [1.29, 1.82) is 0 Å². The van der Waals surface area contributed by atoms with Gasteiger partial charge >= 0.3 is 0 Å². The number of thiophene rings is 1. The molecule has 0 radical (unpaired) electrons. The smallest absolute Gasteiger partial charge is 0.249 e. The first-order valence-electron chi connectivity index (χ1n) is 9.05. The SMILES string of the molecule is Cn1cc(N2CCC(Nc3nc(-c4ccsc4)nc4ccccc34)C2=O)cn1. The lowest BCUT2D eigenvalue weighted by atomic mass is 10.2. The van der Waals surface area contributed by atoms with E-state index in [0.29, 0.717) is 24.6 Å². The summed E-state index contributed by atoms with van der Waals surface area (Å²) in [4.78, 5) is 24.2. The van der Waals surface area contributed by atoms with E-state index in [0.717, 1.165) is 22.2 Å². The number of hydrogen-bond acceptors (Lipinski definition) is 6. The number of benzene rings is 1. The molecule has 1 aliphatic rings. The van der Waals surface area contributed by atoms with Crippen LogP contribution < -0.4 is 10.2 Å². The quantitative estimate of drug-likeness (QED) is 0.579. The fourth-order valence-electron chi connectivity index (χ4n) is 3.49. The Balaban J connectivity index is 1.49. The lowest BCUT2D eigenvalue weighted by Gasteiger charge is -2.17. The summed E-state index contributed by atoms with van der Waals surface area (Å²) < 4.78 is 1.70. The number of fused-ring (bicyclic) bond motifs is 1. The second-order valence-electron chi connectivity index (χ2n) is 6.77. The monoisotopic (exact) mass is 390 g/mol. The molecule has 0 bridgehead atoms. The van der Waals surface area contributed by atoms with Gasteiger partial charge in [-0.05, 0) is 30.0 Å². The molecule has 140 valence electrons. The van der Waals surface area contributed by atoms with Gasteiger partial charge in [0.25, 0.3) is 0 Å². The lowest BCUT2D eigenvalue weighted by Crippen LogP contribution is -2.33. The molecule has 1 unspecified atom stereocenters. The van der Waals surface area contributed by atoms with E-state index in [2.05, 4.69) is 15.4 Å². The number of para-hydroxylation sites is 1. The van der Waals surface area contributed by atoms with E-state index in [1.165, 1.54) is 0 Å². The van der Waals surface area contributed by atoms with Crippen molar-refractivity contribution in [2.24, 2.45) is 7.05 Å². The number of aryl methyl sites for hydroxylation is 1. The Morgan fingerprint density at radius 3 is 2.89 bits per heavy atom. The van der Waals surface area contributed by atoms with Crippen LogP contribution in [0.3, 0.4) is 0 Å². The Labute approximate surface area is 165 Å². The highest BCUT2D eigenvalue weighted by Gasteiger charge is 2.33. The molecule has 1 saturated heterocycles. The van der Waals surface area contributed by atoms with Crippen LogP contribution in [0.5, 0.6) is 0 Å². The molecule has 0 spiro atoms. The second kappa shape index (κ2) is 6.72. The van der Waals surface area contributed by atoms with Gasteiger partial charge in [-0.25, -0.2) is 9.97 Å². The minimum absolute atomic E-state index is 0.0350. The Hall–Kier alpha value is -3.26. The van der Waals surface area contributed by atoms with Crippen molar-refractivity contribution in [2.45, 2.75) is 12.5 Å². The first kappa shape index (κ1) is 16.9. The van der Waals surface area contributed by atoms with Gasteiger partial charge < -0.3 is 10.2 Å². The molecule has 0 aliphatic carbocycles. The van der Waals surface area contributed by atoms with Crippen molar-refractivity contribution in [3.05, 3.63) is 53.5 Å². The molecule has 1 aromatic carbocycles. The molecular weight excluding hydrogens is 372 g/mol. The molecule has 1 fully saturated rings. The van der Waals surface area contributed by atoms with Crippen LogP contribution in [0.25, 0.3) is 22.3 Å². The summed E-state index contributed by atoms with van der Waals surface area (Å²) in [5.41, 5.74) is 2.66. The summed E-state index contributed by atoms with van der Waals surface area (Å²) in [7, 11) is 1.85. The Kier molecular flexibility index (Phi) is 4.05. The van der Waals surface area contributed by atoms with E-state index in [1.54, 1.807) is 27.1 Å². The van der Waals surface area contributed by atoms with Crippen molar-refractivity contribution >= 4 is 39.7 Å². The maximum absolute atomic E-state index is 13.0. The Morgan fingerprint density at radius 2 is 2.11 bits per heavy atom. The van der Waals surface area contributed by atoms with Crippen molar-refractivity contribution in [2.75, 3.05) is 16.8 Å². The molecule has 4 aromatic rings. The Morgan fingerprint density at radius 1 is 1.21 bits per heavy atom. The normalized spacial score (nSPS) is 16.8. The summed E-state index contributed by atoms with van der Waals surface area (Å²) in [6.45, 7) is 0.655. The second-order valence-corrected chi connectivity index (χ2v) is 7.55. The van der Waals surface area contributed by atoms with Gasteiger partial charge in [-0.2, -0.15) is 16.4 Å². The van der Waals surface area contributed by atoms with Crippen LogP contribution in [0.1, 0.15) is 6.42 Å². The summed E-state index contributed by atoms with van der Waals surface area (Å²) in [5.74, 6) is 1.39. The molecule has 1 amide bonds. The van der Waals surface area contributed by atoms with Gasteiger partial charge in [0.1, 0.15) is 11.9 Å². The van der Waals surface area contributed by atoms with Gasteiger partial charge in [-0.1, -0.05) is 12.1 Å². The van der Waals surface area contributed by atoms with Gasteiger partial charge in [0.2, 0.25) is 5.91 Å². The zero-order valence-corrected chi connectivity index (χ0v) is 16.1. The van der Waals surface area contributed by atoms with E-state index in [9.17, 15) is 4.79 Å². The van der Waals surface area contributed by atoms with Gasteiger partial charge in [0, 0.05) is 36.1 Å². The Bertz CT molecular complexity index is 1150. The predicted molar refractivity (Wildman–Crippen MR) is 110 cm³/mol. The van der Waals surface area contributed by atoms with Crippen LogP contribution in [0.2, 0.25) is 0 Å². The summed E-state index contributed by atoms with van der Waals surface area (Å²) in [6, 6.07) is 9.54. The average Bonchev–Trinajstić information content (AvgIpc) is 3.44. The number of aromatic nitrogens is 4. The molecule has 1 N–H and O–H groups in total. The van der Waals surface area contributed by atoms with Crippen molar-refractivity contribution in [1.82, 2.24) is 19.7 Å². The van der Waals surface area contributed by atoms with Crippen LogP contribution in [0.4, 0.5) is 11.5 Å². The predicted octanol–water partition coefficient (Wildman–Crippen LogP) is 3.31. The van der Waals surface area contributed by atoms with Crippen molar-refractivity contribution in [3.63, 3.8) is 0 Å². The summed E-state index contributed by atoms with van der Waals surface area (Å²) >= 11 is 1.61. The zero-order valence-electron chi connectivity index (χ0n) is 15.2. The first-order chi connectivity index (χ1) is 13.7. The number of anilines is 2. The molecule has 5 rings (SSSR count). The lowest BCUT2D eigenvalue weighted by molar-refractivity contribution is -0.117. The van der Waals surface area contributed by atoms with Crippen LogP contribution >= 0.6 is 11.3 Å². The molecule has 1 aliphatic heterocycles. The zero-order chi connectivity index (χ0) is 19.1. The highest BCUT2D eigenvalue weighted by atomic mass is 32.1. The molecule has 7 nitrogen and oxygen atoms in total. The highest BCUT2D eigenvalue weighted by molar-refractivity contribution is 7.08. The molecule has 8 heteroatoms. The number of carbonyl (C=O) groups is 1. The average molecular weight is 390 g/mol. The van der Waals surface area contributed by atoms with Gasteiger partial charge in [-0.15, -0.1) is 0 Å². The van der Waals surface area contributed by atoms with E-state index < -0.39 is 0 Å². The number of carbonyl (C=O) groups excluding carboxylic acids is 1. The van der Waals surface area contributed by atoms with Crippen LogP contribution in [0, 0.1) is 0 Å². The number of rotatable bonds is 4. The van der Waals surface area contributed by atoms with Gasteiger partial charge in [0.05, 0.1) is 17.4 Å².